The largest absolute Gasteiger partial charge is 0.466 e. The van der Waals surface area contributed by atoms with Gasteiger partial charge in [-0.1, -0.05) is 20.8 Å². The lowest BCUT2D eigenvalue weighted by molar-refractivity contribution is -0.134. The number of hydrogen-bond acceptors (Lipinski definition) is 3. The number of ether oxygens (including phenoxy) is 1. The normalized spacial score (nSPS) is 12.1. The number of carbonyl (C=O) groups excluding carboxylic acids is 1. The SMILES string of the molecule is COC(=O)/C=C/c1cn(C)nc1C(C)(C)C. The third-order valence-corrected chi connectivity index (χ3v) is 2.17. The molecule has 0 aliphatic rings. The van der Waals surface area contributed by atoms with Gasteiger partial charge in [-0.25, -0.2) is 4.79 Å². The molecule has 0 unspecified atom stereocenters. The van der Waals surface area contributed by atoms with E-state index in [0.29, 0.717) is 0 Å². The van der Waals surface area contributed by atoms with E-state index in [1.165, 1.54) is 13.2 Å². The van der Waals surface area contributed by atoms with Crippen molar-refractivity contribution in [2.75, 3.05) is 7.11 Å². The first-order valence-corrected chi connectivity index (χ1v) is 5.14. The molecule has 0 spiro atoms. The maximum atomic E-state index is 11.0. The predicted octanol–water partition coefficient (Wildman–Crippen LogP) is 1.90. The van der Waals surface area contributed by atoms with Crippen molar-refractivity contribution in [3.63, 3.8) is 0 Å². The van der Waals surface area contributed by atoms with E-state index in [4.69, 9.17) is 0 Å². The molecule has 4 heteroatoms. The number of esters is 1. The van der Waals surface area contributed by atoms with Crippen LogP contribution in [0.2, 0.25) is 0 Å². The van der Waals surface area contributed by atoms with Crippen LogP contribution < -0.4 is 0 Å². The molecule has 1 heterocycles. The average molecular weight is 222 g/mol. The average Bonchev–Trinajstić information content (AvgIpc) is 2.55. The van der Waals surface area contributed by atoms with Gasteiger partial charge in [-0.15, -0.1) is 0 Å². The number of nitrogens with zero attached hydrogens (tertiary/aromatic N) is 2. The molecular weight excluding hydrogens is 204 g/mol. The molecule has 0 bridgehead atoms. The maximum absolute atomic E-state index is 11.0. The van der Waals surface area contributed by atoms with Crippen molar-refractivity contribution in [1.29, 1.82) is 0 Å². The highest BCUT2D eigenvalue weighted by atomic mass is 16.5. The lowest BCUT2D eigenvalue weighted by Gasteiger charge is -2.16. The summed E-state index contributed by atoms with van der Waals surface area (Å²) in [7, 11) is 3.23. The van der Waals surface area contributed by atoms with Gasteiger partial charge in [-0.05, 0) is 6.08 Å². The standard InChI is InChI=1S/C12H18N2O2/c1-12(2,3)11-9(8-14(4)13-11)6-7-10(15)16-5/h6-8H,1-5H3/b7-6+. The van der Waals surface area contributed by atoms with Crippen LogP contribution in [0.1, 0.15) is 32.0 Å². The number of hydrogen-bond donors (Lipinski definition) is 0. The van der Waals surface area contributed by atoms with Crippen molar-refractivity contribution < 1.29 is 9.53 Å². The van der Waals surface area contributed by atoms with E-state index in [1.54, 1.807) is 10.8 Å². The van der Waals surface area contributed by atoms with E-state index in [1.807, 2.05) is 13.2 Å². The Morgan fingerprint density at radius 2 is 2.12 bits per heavy atom. The Bertz CT molecular complexity index is 411. The highest BCUT2D eigenvalue weighted by Crippen LogP contribution is 2.24. The zero-order valence-electron chi connectivity index (χ0n) is 10.4. The smallest absolute Gasteiger partial charge is 0.330 e. The summed E-state index contributed by atoms with van der Waals surface area (Å²) in [6.07, 6.45) is 5.03. The molecule has 0 radical (unpaired) electrons. The molecule has 0 saturated carbocycles. The molecule has 0 N–H and O–H groups in total. The first kappa shape index (κ1) is 12.5. The first-order chi connectivity index (χ1) is 7.34. The molecular formula is C12H18N2O2. The Hall–Kier alpha value is -1.58. The molecule has 16 heavy (non-hydrogen) atoms. The van der Waals surface area contributed by atoms with Crippen LogP contribution >= 0.6 is 0 Å². The Kier molecular flexibility index (Phi) is 3.52. The Morgan fingerprint density at radius 1 is 1.50 bits per heavy atom. The molecule has 0 saturated heterocycles. The van der Waals surface area contributed by atoms with Crippen molar-refractivity contribution in [1.82, 2.24) is 9.78 Å². The van der Waals surface area contributed by atoms with Crippen LogP contribution in [-0.4, -0.2) is 22.9 Å². The van der Waals surface area contributed by atoms with Crippen molar-refractivity contribution in [2.45, 2.75) is 26.2 Å². The third-order valence-electron chi connectivity index (χ3n) is 2.17. The molecule has 0 amide bonds. The molecule has 1 aromatic rings. The second-order valence-corrected chi connectivity index (χ2v) is 4.71. The van der Waals surface area contributed by atoms with Gasteiger partial charge in [0.25, 0.3) is 0 Å². The minimum absolute atomic E-state index is 0.0446. The fraction of sp³-hybridized carbons (Fsp3) is 0.500. The number of aryl methyl sites for hydroxylation is 1. The van der Waals surface area contributed by atoms with Gasteiger partial charge < -0.3 is 4.74 Å². The molecule has 88 valence electrons. The summed E-state index contributed by atoms with van der Waals surface area (Å²) in [6, 6.07) is 0. The highest BCUT2D eigenvalue weighted by Gasteiger charge is 2.20. The number of aromatic nitrogens is 2. The Labute approximate surface area is 95.9 Å². The van der Waals surface area contributed by atoms with E-state index >= 15 is 0 Å². The fourth-order valence-electron chi connectivity index (χ4n) is 1.44. The van der Waals surface area contributed by atoms with Crippen LogP contribution in [0.3, 0.4) is 0 Å². The zero-order chi connectivity index (χ0) is 12.3. The third kappa shape index (κ3) is 2.95. The summed E-state index contributed by atoms with van der Waals surface area (Å²) in [5, 5.41) is 4.40. The minimum Gasteiger partial charge on any atom is -0.466 e. The van der Waals surface area contributed by atoms with Crippen LogP contribution in [0, 0.1) is 0 Å². The van der Waals surface area contributed by atoms with Gasteiger partial charge in [-0.3, -0.25) is 4.68 Å². The second-order valence-electron chi connectivity index (χ2n) is 4.71. The summed E-state index contributed by atoms with van der Waals surface area (Å²) in [5.74, 6) is -0.358. The van der Waals surface area contributed by atoms with Gasteiger partial charge in [0.2, 0.25) is 0 Å². The summed E-state index contributed by atoms with van der Waals surface area (Å²) in [6.45, 7) is 6.26. The predicted molar refractivity (Wildman–Crippen MR) is 63.0 cm³/mol. The van der Waals surface area contributed by atoms with Crippen molar-refractivity contribution in [2.24, 2.45) is 7.05 Å². The summed E-state index contributed by atoms with van der Waals surface area (Å²) in [5.41, 5.74) is 1.87. The first-order valence-electron chi connectivity index (χ1n) is 5.14. The van der Waals surface area contributed by atoms with E-state index in [0.717, 1.165) is 11.3 Å². The zero-order valence-corrected chi connectivity index (χ0v) is 10.4. The Morgan fingerprint density at radius 3 is 2.62 bits per heavy atom. The number of methoxy groups -OCH3 is 1. The van der Waals surface area contributed by atoms with Crippen LogP contribution in [0.25, 0.3) is 6.08 Å². The summed E-state index contributed by atoms with van der Waals surface area (Å²) < 4.78 is 6.30. The van der Waals surface area contributed by atoms with Gasteiger partial charge in [0.15, 0.2) is 0 Å². The lowest BCUT2D eigenvalue weighted by atomic mass is 9.89. The van der Waals surface area contributed by atoms with E-state index in [-0.39, 0.29) is 11.4 Å². The van der Waals surface area contributed by atoms with Gasteiger partial charge >= 0.3 is 5.97 Å². The molecule has 0 fully saturated rings. The van der Waals surface area contributed by atoms with Crippen LogP contribution in [0.15, 0.2) is 12.3 Å². The number of carbonyl (C=O) groups is 1. The van der Waals surface area contributed by atoms with Gasteiger partial charge in [0.1, 0.15) is 0 Å². The maximum Gasteiger partial charge on any atom is 0.330 e. The van der Waals surface area contributed by atoms with Crippen molar-refractivity contribution in [3.8, 4) is 0 Å². The van der Waals surface area contributed by atoms with E-state index in [2.05, 4.69) is 30.6 Å². The van der Waals surface area contributed by atoms with Gasteiger partial charge in [0, 0.05) is 30.3 Å². The number of rotatable bonds is 2. The van der Waals surface area contributed by atoms with E-state index < -0.39 is 0 Å². The summed E-state index contributed by atoms with van der Waals surface area (Å²) >= 11 is 0. The molecule has 4 nitrogen and oxygen atoms in total. The van der Waals surface area contributed by atoms with Crippen LogP contribution in [0.4, 0.5) is 0 Å². The fourth-order valence-corrected chi connectivity index (χ4v) is 1.44. The monoisotopic (exact) mass is 222 g/mol. The summed E-state index contributed by atoms with van der Waals surface area (Å²) in [4.78, 5) is 11.0. The van der Waals surface area contributed by atoms with E-state index in [9.17, 15) is 4.79 Å². The molecule has 1 rings (SSSR count). The Balaban J connectivity index is 3.05. The molecule has 0 aliphatic carbocycles. The molecule has 0 aliphatic heterocycles. The van der Waals surface area contributed by atoms with Gasteiger partial charge in [-0.2, -0.15) is 5.10 Å². The molecule has 0 aromatic carbocycles. The second kappa shape index (κ2) is 4.51. The highest BCUT2D eigenvalue weighted by molar-refractivity contribution is 5.87. The topological polar surface area (TPSA) is 44.1 Å². The quantitative estimate of drug-likeness (QED) is 0.567. The van der Waals surface area contributed by atoms with Crippen LogP contribution in [-0.2, 0) is 22.0 Å². The molecule has 0 atom stereocenters. The molecule has 1 aromatic heterocycles. The van der Waals surface area contributed by atoms with Crippen molar-refractivity contribution in [3.05, 3.63) is 23.5 Å². The van der Waals surface area contributed by atoms with Gasteiger partial charge in [0.05, 0.1) is 12.8 Å². The van der Waals surface area contributed by atoms with Crippen molar-refractivity contribution >= 4 is 12.0 Å². The minimum atomic E-state index is -0.358. The lowest BCUT2D eigenvalue weighted by Crippen LogP contribution is -2.13. The van der Waals surface area contributed by atoms with Crippen LogP contribution in [0.5, 0.6) is 0 Å².